The Kier molecular flexibility index (Phi) is 12.0. The van der Waals surface area contributed by atoms with Crippen LogP contribution in [0.4, 0.5) is 17.6 Å². The van der Waals surface area contributed by atoms with Crippen LogP contribution in [-0.4, -0.2) is 46.6 Å². The van der Waals surface area contributed by atoms with Crippen LogP contribution >= 0.6 is 23.8 Å². The van der Waals surface area contributed by atoms with E-state index < -0.39 is 62.2 Å². The van der Waals surface area contributed by atoms with Gasteiger partial charge in [0.25, 0.3) is 0 Å². The van der Waals surface area contributed by atoms with Gasteiger partial charge in [-0.3, -0.25) is 4.79 Å². The highest BCUT2D eigenvalue weighted by Gasteiger charge is 2.31. The minimum absolute atomic E-state index is 0.0858. The number of ether oxygens (including phenoxy) is 3. The molecule has 0 aliphatic rings. The van der Waals surface area contributed by atoms with Gasteiger partial charge in [-0.2, -0.15) is 0 Å². The number of carbonyl (C=O) groups excluding carboxylic acids is 1. The maximum atomic E-state index is 15.1. The molecule has 0 N–H and O–H groups in total. The molecule has 0 bridgehead atoms. The fourth-order valence-corrected chi connectivity index (χ4v) is 5.55. The van der Waals surface area contributed by atoms with E-state index in [1.165, 1.54) is 12.3 Å². The van der Waals surface area contributed by atoms with E-state index in [0.29, 0.717) is 17.6 Å². The molecule has 0 saturated carbocycles. The van der Waals surface area contributed by atoms with Crippen molar-refractivity contribution in [3.05, 3.63) is 52.8 Å². The first-order chi connectivity index (χ1) is 20.3. The molecule has 0 amide bonds. The Hall–Kier alpha value is -2.54. The lowest BCUT2D eigenvalue weighted by Gasteiger charge is -2.21. The van der Waals surface area contributed by atoms with Gasteiger partial charge >= 0.3 is 5.97 Å². The third kappa shape index (κ3) is 11.1. The number of esters is 1. The first kappa shape index (κ1) is 35.9. The number of rotatable bonds is 15. The second kappa shape index (κ2) is 14.7. The van der Waals surface area contributed by atoms with E-state index in [1.54, 1.807) is 31.5 Å². The first-order valence-corrected chi connectivity index (χ1v) is 18.8. The SMILES string of the molecule is CC(C)(C)OC(=O)CCC(F)(F)CCC(=S)Cc1cc(F)c(Oc2ccnc3c2c(Cl)cn3COCC[Si](C)(C)C)c(F)c1. The average molecular weight is 675 g/mol. The first-order valence-electron chi connectivity index (χ1n) is 14.3. The highest BCUT2D eigenvalue weighted by molar-refractivity contribution is 7.80. The molecule has 2 heterocycles. The summed E-state index contributed by atoms with van der Waals surface area (Å²) < 4.78 is 77.1. The second-order valence-electron chi connectivity index (χ2n) is 13.0. The smallest absolute Gasteiger partial charge is 0.306 e. The van der Waals surface area contributed by atoms with E-state index >= 15 is 8.78 Å². The number of alkyl halides is 2. The highest BCUT2D eigenvalue weighted by atomic mass is 35.5. The van der Waals surface area contributed by atoms with Gasteiger partial charge in [-0.25, -0.2) is 22.5 Å². The van der Waals surface area contributed by atoms with Gasteiger partial charge in [0, 0.05) is 46.3 Å². The van der Waals surface area contributed by atoms with E-state index in [9.17, 15) is 13.6 Å². The third-order valence-electron chi connectivity index (χ3n) is 6.46. The number of halogens is 5. The fourth-order valence-electron chi connectivity index (χ4n) is 4.23. The summed E-state index contributed by atoms with van der Waals surface area (Å²) in [7, 11) is -1.26. The minimum Gasteiger partial charge on any atom is -0.460 e. The zero-order chi connectivity index (χ0) is 32.9. The van der Waals surface area contributed by atoms with E-state index in [4.69, 9.17) is 38.0 Å². The van der Waals surface area contributed by atoms with E-state index in [1.807, 2.05) is 0 Å². The van der Waals surface area contributed by atoms with Crippen LogP contribution in [0.5, 0.6) is 11.5 Å². The van der Waals surface area contributed by atoms with Crippen LogP contribution in [0.15, 0.2) is 30.6 Å². The van der Waals surface area contributed by atoms with Gasteiger partial charge in [-0.05, 0) is 61.9 Å². The molecule has 0 fully saturated rings. The van der Waals surface area contributed by atoms with Crippen molar-refractivity contribution in [3.63, 3.8) is 0 Å². The van der Waals surface area contributed by atoms with Crippen LogP contribution in [0.1, 0.15) is 52.0 Å². The standard InChI is InChI=1S/C31H39ClF4N2O4SSi/c1-30(2,3)42-26(39)8-11-31(35,36)10-7-21(43)15-20-16-23(33)28(24(34)17-20)41-25-9-12-37-29-27(25)22(32)18-38(29)19-40-13-14-44(4,5)6/h9,12,16-18H,7-8,10-11,13-15,19H2,1-6H3. The lowest BCUT2D eigenvalue weighted by Crippen LogP contribution is -2.26. The molecule has 1 aromatic carbocycles. The van der Waals surface area contributed by atoms with Crippen LogP contribution in [0.2, 0.25) is 30.7 Å². The predicted octanol–water partition coefficient (Wildman–Crippen LogP) is 9.52. The van der Waals surface area contributed by atoms with Gasteiger partial charge in [0.15, 0.2) is 17.4 Å². The maximum Gasteiger partial charge on any atom is 0.306 e. The molecule has 13 heteroatoms. The molecule has 0 aliphatic heterocycles. The van der Waals surface area contributed by atoms with Gasteiger partial charge in [0.1, 0.15) is 23.7 Å². The van der Waals surface area contributed by atoms with Gasteiger partial charge in [0.05, 0.1) is 16.8 Å². The summed E-state index contributed by atoms with van der Waals surface area (Å²) in [6.45, 7) is 12.5. The number of carbonyl (C=O) groups is 1. The molecular formula is C31H39ClF4N2O4SSi. The number of pyridine rings is 1. The number of thiocarbonyl (C=S) groups is 1. The minimum atomic E-state index is -3.15. The van der Waals surface area contributed by atoms with Crippen molar-refractivity contribution < 1.29 is 36.6 Å². The van der Waals surface area contributed by atoms with Crippen molar-refractivity contribution in [2.24, 2.45) is 0 Å². The number of benzene rings is 1. The van der Waals surface area contributed by atoms with Crippen LogP contribution in [0.3, 0.4) is 0 Å². The molecule has 242 valence electrons. The summed E-state index contributed by atoms with van der Waals surface area (Å²) in [5, 5.41) is 0.655. The number of hydrogen-bond donors (Lipinski definition) is 0. The second-order valence-corrected chi connectivity index (χ2v) is 19.6. The van der Waals surface area contributed by atoms with Crippen LogP contribution in [0, 0.1) is 11.6 Å². The van der Waals surface area contributed by atoms with Crippen molar-refractivity contribution >= 4 is 53.8 Å². The summed E-state index contributed by atoms with van der Waals surface area (Å²) in [4.78, 5) is 16.3. The Morgan fingerprint density at radius 1 is 1.09 bits per heavy atom. The van der Waals surface area contributed by atoms with Crippen molar-refractivity contribution in [2.75, 3.05) is 6.61 Å². The third-order valence-corrected chi connectivity index (χ3v) is 8.79. The Morgan fingerprint density at radius 2 is 1.73 bits per heavy atom. The van der Waals surface area contributed by atoms with Crippen LogP contribution in [0.25, 0.3) is 11.0 Å². The molecule has 0 radical (unpaired) electrons. The highest BCUT2D eigenvalue weighted by Crippen LogP contribution is 2.37. The summed E-state index contributed by atoms with van der Waals surface area (Å²) in [6.07, 6.45) is 1.11. The van der Waals surface area contributed by atoms with Crippen LogP contribution in [-0.2, 0) is 27.4 Å². The summed E-state index contributed by atoms with van der Waals surface area (Å²) in [5.41, 5.74) is -0.148. The number of hydrogen-bond acceptors (Lipinski definition) is 6. The van der Waals surface area contributed by atoms with Crippen molar-refractivity contribution in [3.8, 4) is 11.5 Å². The van der Waals surface area contributed by atoms with Gasteiger partial charge < -0.3 is 18.8 Å². The zero-order valence-electron chi connectivity index (χ0n) is 25.9. The van der Waals surface area contributed by atoms with Gasteiger partial charge in [-0.1, -0.05) is 43.5 Å². The average Bonchev–Trinajstić information content (AvgIpc) is 3.21. The number of fused-ring (bicyclic) bond motifs is 1. The summed E-state index contributed by atoms with van der Waals surface area (Å²) in [5.74, 6) is -6.36. The molecule has 6 nitrogen and oxygen atoms in total. The molecular weight excluding hydrogens is 636 g/mol. The van der Waals surface area contributed by atoms with Crippen molar-refractivity contribution in [2.45, 2.75) is 96.8 Å². The van der Waals surface area contributed by atoms with E-state index in [2.05, 4.69) is 24.6 Å². The molecule has 0 spiro atoms. The van der Waals surface area contributed by atoms with E-state index in [0.717, 1.165) is 18.2 Å². The van der Waals surface area contributed by atoms with Gasteiger partial charge in [0.2, 0.25) is 5.92 Å². The zero-order valence-corrected chi connectivity index (χ0v) is 28.4. The monoisotopic (exact) mass is 674 g/mol. The molecule has 3 rings (SSSR count). The van der Waals surface area contributed by atoms with Crippen molar-refractivity contribution in [1.29, 1.82) is 0 Å². The Morgan fingerprint density at radius 3 is 2.34 bits per heavy atom. The molecule has 0 aliphatic carbocycles. The quantitative estimate of drug-likeness (QED) is 0.0526. The lowest BCUT2D eigenvalue weighted by atomic mass is 10.0. The summed E-state index contributed by atoms with van der Waals surface area (Å²) in [6, 6.07) is 4.56. The molecule has 0 saturated heterocycles. The molecule has 2 aromatic heterocycles. The van der Waals surface area contributed by atoms with E-state index in [-0.39, 0.29) is 40.8 Å². The molecule has 0 unspecified atom stereocenters. The predicted molar refractivity (Wildman–Crippen MR) is 171 cm³/mol. The number of aromatic nitrogens is 2. The van der Waals surface area contributed by atoms with Gasteiger partial charge in [-0.15, -0.1) is 0 Å². The summed E-state index contributed by atoms with van der Waals surface area (Å²) >= 11 is 11.7. The maximum absolute atomic E-state index is 15.1. The Bertz CT molecular complexity index is 1460. The number of nitrogens with zero attached hydrogens (tertiary/aromatic N) is 2. The normalized spacial score (nSPS) is 12.5. The molecule has 3 aromatic rings. The Balaban J connectivity index is 1.63. The molecule has 44 heavy (non-hydrogen) atoms. The lowest BCUT2D eigenvalue weighted by molar-refractivity contribution is -0.157. The molecule has 0 atom stereocenters. The topological polar surface area (TPSA) is 62.6 Å². The fraction of sp³-hybridized carbons (Fsp3) is 0.516. The largest absolute Gasteiger partial charge is 0.460 e. The Labute approximate surface area is 267 Å². The van der Waals surface area contributed by atoms with Crippen molar-refractivity contribution in [1.82, 2.24) is 9.55 Å². The van der Waals surface area contributed by atoms with Crippen LogP contribution < -0.4 is 4.74 Å².